The molecule has 0 aliphatic heterocycles. The van der Waals surface area contributed by atoms with Gasteiger partial charge in [-0.05, 0) is 30.7 Å². The topological polar surface area (TPSA) is 60.2 Å². The van der Waals surface area contributed by atoms with Gasteiger partial charge in [0.25, 0.3) is 0 Å². The van der Waals surface area contributed by atoms with Crippen LogP contribution in [0.4, 0.5) is 0 Å². The first-order chi connectivity index (χ1) is 8.44. The number of benzene rings is 1. The maximum absolute atomic E-state index is 11.8. The fourth-order valence-electron chi connectivity index (χ4n) is 2.62. The largest absolute Gasteiger partial charge is 0.330 e. The number of nitrogens with two attached hydrogens (primary N) is 1. The molecule has 0 amide bonds. The number of hydrogen-bond acceptors (Lipinski definition) is 4. The fraction of sp³-hybridized carbons (Fsp3) is 0.538. The summed E-state index contributed by atoms with van der Waals surface area (Å²) in [5.41, 5.74) is 7.04. The normalized spacial score (nSPS) is 18.4. The molecule has 0 bridgehead atoms. The Kier molecular flexibility index (Phi) is 3.76. The minimum atomic E-state index is -3.18. The van der Waals surface area contributed by atoms with Gasteiger partial charge in [-0.3, -0.25) is 0 Å². The summed E-state index contributed by atoms with van der Waals surface area (Å²) < 4.78 is 23.7. The summed E-state index contributed by atoms with van der Waals surface area (Å²) in [5.74, 6) is 0. The molecule has 1 aliphatic carbocycles. The van der Waals surface area contributed by atoms with Crippen LogP contribution in [0.25, 0.3) is 0 Å². The second-order valence-corrected chi connectivity index (χ2v) is 7.75. The molecule has 5 heteroatoms. The molecule has 2 rings (SSSR count). The lowest BCUT2D eigenvalue weighted by atomic mass is 9.64. The number of sulfone groups is 1. The van der Waals surface area contributed by atoms with E-state index in [-0.39, 0.29) is 5.41 Å². The van der Waals surface area contributed by atoms with Crippen molar-refractivity contribution >= 4 is 21.6 Å². The molecular formula is C13H19NO2S2. The molecule has 100 valence electrons. The van der Waals surface area contributed by atoms with Gasteiger partial charge in [-0.2, -0.15) is 0 Å². The lowest BCUT2D eigenvalue weighted by molar-refractivity contribution is 0.248. The van der Waals surface area contributed by atoms with E-state index in [1.165, 1.54) is 24.4 Å². The van der Waals surface area contributed by atoms with Gasteiger partial charge in [-0.25, -0.2) is 8.42 Å². The molecule has 0 heterocycles. The summed E-state index contributed by atoms with van der Waals surface area (Å²) in [6, 6.07) is 5.56. The summed E-state index contributed by atoms with van der Waals surface area (Å²) in [7, 11) is -3.18. The fourth-order valence-corrected chi connectivity index (χ4v) is 4.87. The molecule has 0 aromatic heterocycles. The first kappa shape index (κ1) is 13.9. The van der Waals surface area contributed by atoms with E-state index >= 15 is 0 Å². The van der Waals surface area contributed by atoms with Crippen LogP contribution in [0, 0.1) is 0 Å². The van der Waals surface area contributed by atoms with Crippen LogP contribution in [0.5, 0.6) is 0 Å². The van der Waals surface area contributed by atoms with E-state index in [9.17, 15) is 8.42 Å². The zero-order valence-corrected chi connectivity index (χ0v) is 12.4. The minimum absolute atomic E-state index is 0.000949. The van der Waals surface area contributed by atoms with Crippen molar-refractivity contribution in [2.75, 3.05) is 19.1 Å². The minimum Gasteiger partial charge on any atom is -0.330 e. The Morgan fingerprint density at radius 3 is 2.44 bits per heavy atom. The lowest BCUT2D eigenvalue weighted by Gasteiger charge is -2.42. The van der Waals surface area contributed by atoms with Gasteiger partial charge in [-0.15, -0.1) is 11.8 Å². The molecule has 1 fully saturated rings. The van der Waals surface area contributed by atoms with Crippen molar-refractivity contribution in [3.05, 3.63) is 23.8 Å². The van der Waals surface area contributed by atoms with E-state index < -0.39 is 9.84 Å². The van der Waals surface area contributed by atoms with Crippen LogP contribution in [-0.4, -0.2) is 27.5 Å². The number of thioether (sulfide) groups is 1. The summed E-state index contributed by atoms with van der Waals surface area (Å²) >= 11 is 1.51. The lowest BCUT2D eigenvalue weighted by Crippen LogP contribution is -2.42. The maximum Gasteiger partial charge on any atom is 0.176 e. The van der Waals surface area contributed by atoms with E-state index in [1.54, 1.807) is 6.07 Å². The van der Waals surface area contributed by atoms with Gasteiger partial charge in [0, 0.05) is 23.1 Å². The molecule has 3 nitrogen and oxygen atoms in total. The molecule has 0 saturated heterocycles. The summed E-state index contributed by atoms with van der Waals surface area (Å²) in [6.45, 7) is 0.591. The average molecular weight is 285 g/mol. The SMILES string of the molecule is CSc1c(C2(CN)CCC2)cccc1S(C)(=O)=O. The van der Waals surface area contributed by atoms with E-state index in [2.05, 4.69) is 0 Å². The Labute approximate surface area is 113 Å². The van der Waals surface area contributed by atoms with Gasteiger partial charge >= 0.3 is 0 Å². The second kappa shape index (κ2) is 4.87. The quantitative estimate of drug-likeness (QED) is 0.862. The van der Waals surface area contributed by atoms with Crippen molar-refractivity contribution in [3.63, 3.8) is 0 Å². The van der Waals surface area contributed by atoms with Crippen LogP contribution in [0.3, 0.4) is 0 Å². The van der Waals surface area contributed by atoms with Crippen LogP contribution in [0.2, 0.25) is 0 Å². The highest BCUT2D eigenvalue weighted by Crippen LogP contribution is 2.47. The molecule has 0 unspecified atom stereocenters. The van der Waals surface area contributed by atoms with Gasteiger partial charge < -0.3 is 5.73 Å². The Balaban J connectivity index is 2.62. The maximum atomic E-state index is 11.8. The van der Waals surface area contributed by atoms with Gasteiger partial charge in [0.1, 0.15) is 0 Å². The van der Waals surface area contributed by atoms with Crippen molar-refractivity contribution in [2.45, 2.75) is 34.5 Å². The zero-order valence-electron chi connectivity index (χ0n) is 10.8. The Morgan fingerprint density at radius 2 is 2.06 bits per heavy atom. The van der Waals surface area contributed by atoms with Crippen LogP contribution in [0.1, 0.15) is 24.8 Å². The van der Waals surface area contributed by atoms with E-state index in [0.29, 0.717) is 11.4 Å². The average Bonchev–Trinajstić information content (AvgIpc) is 2.27. The van der Waals surface area contributed by atoms with Crippen LogP contribution >= 0.6 is 11.8 Å². The van der Waals surface area contributed by atoms with Gasteiger partial charge in [0.15, 0.2) is 9.84 Å². The van der Waals surface area contributed by atoms with E-state index in [4.69, 9.17) is 5.73 Å². The predicted octanol–water partition coefficient (Wildman–Crippen LogP) is 2.19. The number of rotatable bonds is 4. The molecule has 18 heavy (non-hydrogen) atoms. The Bertz CT molecular complexity index is 543. The molecule has 1 aliphatic rings. The highest BCUT2D eigenvalue weighted by atomic mass is 32.2. The highest BCUT2D eigenvalue weighted by molar-refractivity contribution is 7.99. The van der Waals surface area contributed by atoms with Crippen molar-refractivity contribution < 1.29 is 8.42 Å². The van der Waals surface area contributed by atoms with Gasteiger partial charge in [0.05, 0.1) is 4.90 Å². The molecule has 1 saturated carbocycles. The Morgan fingerprint density at radius 1 is 1.39 bits per heavy atom. The van der Waals surface area contributed by atoms with Crippen molar-refractivity contribution in [1.82, 2.24) is 0 Å². The van der Waals surface area contributed by atoms with Crippen LogP contribution < -0.4 is 5.73 Å². The number of hydrogen-bond donors (Lipinski definition) is 1. The van der Waals surface area contributed by atoms with Crippen molar-refractivity contribution in [2.24, 2.45) is 5.73 Å². The third-order valence-corrected chi connectivity index (χ3v) is 5.97. The summed E-state index contributed by atoms with van der Waals surface area (Å²) in [5, 5.41) is 0. The van der Waals surface area contributed by atoms with E-state index in [0.717, 1.165) is 23.3 Å². The molecule has 1 aromatic carbocycles. The summed E-state index contributed by atoms with van der Waals surface area (Å²) in [6.07, 6.45) is 6.49. The standard InChI is InChI=1S/C13H19NO2S2/c1-17-12-10(13(9-14)7-4-8-13)5-3-6-11(12)18(2,15)16/h3,5-6H,4,7-9,14H2,1-2H3. The van der Waals surface area contributed by atoms with E-state index in [1.807, 2.05) is 18.4 Å². The first-order valence-electron chi connectivity index (χ1n) is 6.02. The second-order valence-electron chi connectivity index (χ2n) is 4.95. The van der Waals surface area contributed by atoms with Gasteiger partial charge in [0.2, 0.25) is 0 Å². The predicted molar refractivity (Wildman–Crippen MR) is 75.9 cm³/mol. The molecule has 0 spiro atoms. The summed E-state index contributed by atoms with van der Waals surface area (Å²) in [4.78, 5) is 1.32. The third-order valence-electron chi connectivity index (χ3n) is 3.86. The molecule has 0 atom stereocenters. The third kappa shape index (κ3) is 2.19. The van der Waals surface area contributed by atoms with Gasteiger partial charge in [-0.1, -0.05) is 18.6 Å². The monoisotopic (exact) mass is 285 g/mol. The molecule has 2 N–H and O–H groups in total. The Hall–Kier alpha value is -0.520. The van der Waals surface area contributed by atoms with Crippen molar-refractivity contribution in [3.8, 4) is 0 Å². The first-order valence-corrected chi connectivity index (χ1v) is 9.14. The van der Waals surface area contributed by atoms with Crippen LogP contribution in [0.15, 0.2) is 28.0 Å². The smallest absolute Gasteiger partial charge is 0.176 e. The molecule has 0 radical (unpaired) electrons. The van der Waals surface area contributed by atoms with Crippen LogP contribution in [-0.2, 0) is 15.3 Å². The molecule has 1 aromatic rings. The highest BCUT2D eigenvalue weighted by Gasteiger charge is 2.39. The zero-order chi connectivity index (χ0) is 13.4. The molecular weight excluding hydrogens is 266 g/mol. The van der Waals surface area contributed by atoms with Crippen molar-refractivity contribution in [1.29, 1.82) is 0 Å².